The lowest BCUT2D eigenvalue weighted by atomic mass is 9.84. The summed E-state index contributed by atoms with van der Waals surface area (Å²) in [5, 5.41) is 2.95. The summed E-state index contributed by atoms with van der Waals surface area (Å²) in [7, 11) is 3.87. The zero-order valence-electron chi connectivity index (χ0n) is 22.6. The van der Waals surface area contributed by atoms with E-state index < -0.39 is 17.6 Å². The van der Waals surface area contributed by atoms with Gasteiger partial charge in [0.2, 0.25) is 6.41 Å². The minimum Gasteiger partial charge on any atom is -0.456 e. The molecule has 0 saturated heterocycles. The molecule has 3 rings (SSSR count). The summed E-state index contributed by atoms with van der Waals surface area (Å²) < 4.78 is 5.42. The van der Waals surface area contributed by atoms with Crippen LogP contribution in [0.15, 0.2) is 48.5 Å². The van der Waals surface area contributed by atoms with Crippen molar-refractivity contribution in [3.05, 3.63) is 59.7 Å². The Balaban J connectivity index is 1.87. The largest absolute Gasteiger partial charge is 0.456 e. The first-order valence-corrected chi connectivity index (χ1v) is 12.9. The lowest BCUT2D eigenvalue weighted by molar-refractivity contribution is -0.133. The molecule has 2 aromatic rings. The third-order valence-corrected chi connectivity index (χ3v) is 6.73. The van der Waals surface area contributed by atoms with E-state index in [1.165, 1.54) is 0 Å². The van der Waals surface area contributed by atoms with Crippen LogP contribution >= 0.6 is 0 Å². The first-order chi connectivity index (χ1) is 17.5. The highest BCUT2D eigenvalue weighted by Gasteiger charge is 2.34. The third kappa shape index (κ3) is 7.55. The molecule has 0 spiro atoms. The maximum absolute atomic E-state index is 13.7. The summed E-state index contributed by atoms with van der Waals surface area (Å²) in [4.78, 5) is 42.1. The number of nitrogens with two attached hydrogens (primary N) is 1. The fourth-order valence-electron chi connectivity index (χ4n) is 4.71. The van der Waals surface area contributed by atoms with E-state index in [9.17, 15) is 14.4 Å². The molecule has 1 aliphatic carbocycles. The number of rotatable bonds is 9. The first-order valence-electron chi connectivity index (χ1n) is 12.9. The van der Waals surface area contributed by atoms with Crippen LogP contribution in [0.25, 0.3) is 0 Å². The van der Waals surface area contributed by atoms with Crippen molar-refractivity contribution in [3.8, 4) is 0 Å². The molecule has 0 bridgehead atoms. The summed E-state index contributed by atoms with van der Waals surface area (Å²) >= 11 is 0. The van der Waals surface area contributed by atoms with Crippen LogP contribution in [-0.4, -0.2) is 55.5 Å². The molecule has 0 radical (unpaired) electrons. The van der Waals surface area contributed by atoms with Gasteiger partial charge in [0.15, 0.2) is 0 Å². The van der Waals surface area contributed by atoms with Crippen molar-refractivity contribution in [1.29, 1.82) is 0 Å². The number of hydrogen-bond donors (Lipinski definition) is 2. The minimum absolute atomic E-state index is 0.0476. The number of ether oxygens (including phenoxy) is 1. The van der Waals surface area contributed by atoms with Crippen molar-refractivity contribution in [2.75, 3.05) is 30.9 Å². The van der Waals surface area contributed by atoms with Crippen LogP contribution in [0.1, 0.15) is 68.4 Å². The number of carbonyl (C=O) groups excluding carboxylic acids is 3. The second-order valence-electron chi connectivity index (χ2n) is 10.9. The molecule has 0 aromatic heterocycles. The Hall–Kier alpha value is -3.39. The Morgan fingerprint density at radius 2 is 1.73 bits per heavy atom. The summed E-state index contributed by atoms with van der Waals surface area (Å²) in [6.45, 7) is 6.08. The van der Waals surface area contributed by atoms with Gasteiger partial charge in [-0.05, 0) is 101 Å². The molecule has 37 heavy (non-hydrogen) atoms. The molecule has 1 aliphatic rings. The third-order valence-electron chi connectivity index (χ3n) is 6.73. The Labute approximate surface area is 220 Å². The van der Waals surface area contributed by atoms with E-state index in [4.69, 9.17) is 10.5 Å². The van der Waals surface area contributed by atoms with Gasteiger partial charge in [-0.3, -0.25) is 9.59 Å². The van der Waals surface area contributed by atoms with Gasteiger partial charge in [0.05, 0.1) is 5.56 Å². The molecule has 2 amide bonds. The number of hydrogen-bond acceptors (Lipinski definition) is 6. The second-order valence-corrected chi connectivity index (χ2v) is 10.9. The number of amides is 2. The summed E-state index contributed by atoms with van der Waals surface area (Å²) in [6, 6.07) is 13.4. The zero-order valence-corrected chi connectivity index (χ0v) is 22.6. The minimum atomic E-state index is -0.803. The lowest BCUT2D eigenvalue weighted by Gasteiger charge is -2.38. The molecule has 8 heteroatoms. The SMILES string of the molecule is CN(C)c1cccc([C@@H](C(=O)Nc2ccc(C(=O)OC(C)(C)C)cc2)N(C=O)C2CCC(CN)CC2)c1. The second kappa shape index (κ2) is 12.2. The lowest BCUT2D eigenvalue weighted by Crippen LogP contribution is -2.45. The molecule has 200 valence electrons. The molecular weight excluding hydrogens is 468 g/mol. The fraction of sp³-hybridized carbons (Fsp3) is 0.483. The molecular formula is C29H40N4O4. The van der Waals surface area contributed by atoms with E-state index in [0.29, 0.717) is 23.7 Å². The van der Waals surface area contributed by atoms with Gasteiger partial charge in [-0.1, -0.05) is 12.1 Å². The monoisotopic (exact) mass is 508 g/mol. The molecule has 0 heterocycles. The van der Waals surface area contributed by atoms with Gasteiger partial charge in [-0.15, -0.1) is 0 Å². The normalized spacial score (nSPS) is 18.4. The van der Waals surface area contributed by atoms with E-state index in [1.54, 1.807) is 29.2 Å². The zero-order chi connectivity index (χ0) is 27.2. The van der Waals surface area contributed by atoms with Crippen molar-refractivity contribution in [1.82, 2.24) is 4.90 Å². The molecule has 0 unspecified atom stereocenters. The smallest absolute Gasteiger partial charge is 0.338 e. The Bertz CT molecular complexity index is 1070. The van der Waals surface area contributed by atoms with Crippen LogP contribution in [0, 0.1) is 5.92 Å². The van der Waals surface area contributed by atoms with E-state index in [2.05, 4.69) is 5.32 Å². The van der Waals surface area contributed by atoms with Gasteiger partial charge in [0, 0.05) is 31.5 Å². The highest BCUT2D eigenvalue weighted by molar-refractivity contribution is 5.97. The van der Waals surface area contributed by atoms with E-state index in [0.717, 1.165) is 43.3 Å². The average Bonchev–Trinajstić information content (AvgIpc) is 2.86. The van der Waals surface area contributed by atoms with Gasteiger partial charge in [-0.2, -0.15) is 0 Å². The molecule has 1 atom stereocenters. The van der Waals surface area contributed by atoms with Crippen LogP contribution in [0.4, 0.5) is 11.4 Å². The Morgan fingerprint density at radius 1 is 1.08 bits per heavy atom. The van der Waals surface area contributed by atoms with Crippen LogP contribution in [0.3, 0.4) is 0 Å². The van der Waals surface area contributed by atoms with E-state index in [-0.39, 0.29) is 11.9 Å². The predicted molar refractivity (Wildman–Crippen MR) is 146 cm³/mol. The van der Waals surface area contributed by atoms with E-state index in [1.807, 2.05) is 64.0 Å². The number of nitrogens with one attached hydrogen (secondary N) is 1. The number of benzene rings is 2. The average molecular weight is 509 g/mol. The standard InChI is InChI=1S/C29H40N4O4/c1-29(2,3)37-28(36)21-11-13-23(14-12-21)31-27(35)26(22-7-6-8-25(17-22)32(4)5)33(19-34)24-15-9-20(18-30)10-16-24/h6-8,11-14,17,19-20,24,26H,9-10,15-16,18,30H2,1-5H3,(H,31,35)/t20?,24?,26-/m0/s1. The van der Waals surface area contributed by atoms with Crippen LogP contribution < -0.4 is 16.0 Å². The number of carbonyl (C=O) groups is 3. The molecule has 1 fully saturated rings. The van der Waals surface area contributed by atoms with Crippen LogP contribution in [0.2, 0.25) is 0 Å². The van der Waals surface area contributed by atoms with Gasteiger partial charge in [0.1, 0.15) is 11.6 Å². The summed E-state index contributed by atoms with van der Waals surface area (Å²) in [5.74, 6) is -0.282. The molecule has 1 saturated carbocycles. The van der Waals surface area contributed by atoms with Crippen molar-refractivity contribution in [2.45, 2.75) is 64.1 Å². The predicted octanol–water partition coefficient (Wildman–Crippen LogP) is 4.36. The summed E-state index contributed by atoms with van der Waals surface area (Å²) in [6.07, 6.45) is 4.28. The molecule has 3 N–H and O–H groups in total. The highest BCUT2D eigenvalue weighted by Crippen LogP contribution is 2.33. The number of anilines is 2. The molecule has 2 aromatic carbocycles. The summed E-state index contributed by atoms with van der Waals surface area (Å²) in [5.41, 5.74) is 7.87. The first kappa shape index (κ1) is 28.2. The van der Waals surface area contributed by atoms with Crippen molar-refractivity contribution < 1.29 is 19.1 Å². The van der Waals surface area contributed by atoms with Crippen molar-refractivity contribution in [2.24, 2.45) is 11.7 Å². The van der Waals surface area contributed by atoms with Gasteiger partial charge >= 0.3 is 5.97 Å². The molecule has 0 aliphatic heterocycles. The quantitative estimate of drug-likeness (QED) is 0.385. The van der Waals surface area contributed by atoms with Crippen LogP contribution in [-0.2, 0) is 14.3 Å². The maximum Gasteiger partial charge on any atom is 0.338 e. The number of esters is 1. The van der Waals surface area contributed by atoms with Crippen molar-refractivity contribution in [3.63, 3.8) is 0 Å². The van der Waals surface area contributed by atoms with Crippen LogP contribution in [0.5, 0.6) is 0 Å². The fourth-order valence-corrected chi connectivity index (χ4v) is 4.71. The van der Waals surface area contributed by atoms with Gasteiger partial charge in [-0.25, -0.2) is 4.79 Å². The Kier molecular flexibility index (Phi) is 9.32. The maximum atomic E-state index is 13.7. The topological polar surface area (TPSA) is 105 Å². The Morgan fingerprint density at radius 3 is 2.27 bits per heavy atom. The highest BCUT2D eigenvalue weighted by atomic mass is 16.6. The molecule has 8 nitrogen and oxygen atoms in total. The van der Waals surface area contributed by atoms with Crippen molar-refractivity contribution >= 4 is 29.7 Å². The number of nitrogens with zero attached hydrogens (tertiary/aromatic N) is 2. The van der Waals surface area contributed by atoms with Gasteiger partial charge in [0.25, 0.3) is 5.91 Å². The van der Waals surface area contributed by atoms with E-state index >= 15 is 0 Å². The van der Waals surface area contributed by atoms with Gasteiger partial charge < -0.3 is 25.6 Å².